The van der Waals surface area contributed by atoms with Crippen LogP contribution in [0.25, 0.3) is 0 Å². The van der Waals surface area contributed by atoms with Crippen molar-refractivity contribution in [3.8, 4) is 0 Å². The van der Waals surface area contributed by atoms with Crippen LogP contribution in [0.15, 0.2) is 0 Å². The van der Waals surface area contributed by atoms with Gasteiger partial charge in [-0.25, -0.2) is 0 Å². The summed E-state index contributed by atoms with van der Waals surface area (Å²) in [6.07, 6.45) is 6.85. The molecule has 1 atom stereocenters. The van der Waals surface area contributed by atoms with E-state index in [1.165, 1.54) is 71.4 Å². The van der Waals surface area contributed by atoms with Gasteiger partial charge in [0.2, 0.25) is 0 Å². The van der Waals surface area contributed by atoms with Gasteiger partial charge in [-0.3, -0.25) is 0 Å². The smallest absolute Gasteiger partial charge is 0.0195 e. The molecule has 0 saturated carbocycles. The normalized spacial score (nSPS) is 28.7. The third-order valence-corrected chi connectivity index (χ3v) is 4.58. The Labute approximate surface area is 113 Å². The molecule has 2 saturated heterocycles. The summed E-state index contributed by atoms with van der Waals surface area (Å²) >= 11 is 0. The summed E-state index contributed by atoms with van der Waals surface area (Å²) in [5.41, 5.74) is 0. The van der Waals surface area contributed by atoms with E-state index in [9.17, 15) is 0 Å². The molecule has 0 radical (unpaired) electrons. The quantitative estimate of drug-likeness (QED) is 0.754. The molecule has 3 nitrogen and oxygen atoms in total. The lowest BCUT2D eigenvalue weighted by Crippen LogP contribution is -2.44. The van der Waals surface area contributed by atoms with Crippen molar-refractivity contribution >= 4 is 0 Å². The van der Waals surface area contributed by atoms with E-state index in [0.717, 1.165) is 12.0 Å². The van der Waals surface area contributed by atoms with Gasteiger partial charge >= 0.3 is 0 Å². The Kier molecular flexibility index (Phi) is 5.93. The van der Waals surface area contributed by atoms with Crippen molar-refractivity contribution in [2.24, 2.45) is 5.92 Å². The minimum atomic E-state index is 0.741. The average molecular weight is 253 g/mol. The first-order valence-electron chi connectivity index (χ1n) is 7.88. The average Bonchev–Trinajstić information content (AvgIpc) is 2.37. The molecule has 0 aromatic heterocycles. The first-order valence-corrected chi connectivity index (χ1v) is 7.88. The summed E-state index contributed by atoms with van der Waals surface area (Å²) in [6.45, 7) is 10.1. The van der Waals surface area contributed by atoms with E-state index in [-0.39, 0.29) is 0 Å². The lowest BCUT2D eigenvalue weighted by molar-refractivity contribution is 0.186. The predicted molar refractivity (Wildman–Crippen MR) is 78.0 cm³/mol. The summed E-state index contributed by atoms with van der Waals surface area (Å²) < 4.78 is 0. The summed E-state index contributed by atoms with van der Waals surface area (Å²) in [4.78, 5) is 5.10. The first-order chi connectivity index (χ1) is 8.74. The van der Waals surface area contributed by atoms with Crippen LogP contribution in [0.1, 0.15) is 39.0 Å². The highest BCUT2D eigenvalue weighted by molar-refractivity contribution is 4.76. The molecule has 106 valence electrons. The number of nitrogens with zero attached hydrogens (tertiary/aromatic N) is 2. The molecule has 0 aromatic rings. The molecule has 0 aromatic carbocycles. The second-order valence-electron chi connectivity index (χ2n) is 6.43. The summed E-state index contributed by atoms with van der Waals surface area (Å²) in [6, 6.07) is 0.741. The molecule has 2 fully saturated rings. The van der Waals surface area contributed by atoms with Crippen molar-refractivity contribution in [2.75, 3.05) is 46.3 Å². The molecule has 0 spiro atoms. The van der Waals surface area contributed by atoms with Gasteiger partial charge in [-0.15, -0.1) is 0 Å². The maximum atomic E-state index is 3.73. The molecule has 2 aliphatic heterocycles. The number of piperidine rings is 2. The Morgan fingerprint density at radius 2 is 1.89 bits per heavy atom. The SMILES string of the molecule is CC1CCN(CCCNC2CCCN(C)C2)CC1. The third-order valence-electron chi connectivity index (χ3n) is 4.58. The molecule has 1 unspecified atom stereocenters. The summed E-state index contributed by atoms with van der Waals surface area (Å²) in [5, 5.41) is 3.73. The highest BCUT2D eigenvalue weighted by Crippen LogP contribution is 2.15. The van der Waals surface area contributed by atoms with E-state index in [4.69, 9.17) is 0 Å². The van der Waals surface area contributed by atoms with E-state index in [0.29, 0.717) is 0 Å². The molecule has 0 amide bonds. The Bertz CT molecular complexity index is 224. The predicted octanol–water partition coefficient (Wildman–Crippen LogP) is 1.79. The van der Waals surface area contributed by atoms with Crippen LogP contribution in [0.4, 0.5) is 0 Å². The van der Waals surface area contributed by atoms with Crippen LogP contribution in [0, 0.1) is 5.92 Å². The fourth-order valence-electron chi connectivity index (χ4n) is 3.23. The fraction of sp³-hybridized carbons (Fsp3) is 1.00. The fourth-order valence-corrected chi connectivity index (χ4v) is 3.23. The monoisotopic (exact) mass is 253 g/mol. The Morgan fingerprint density at radius 3 is 2.61 bits per heavy atom. The highest BCUT2D eigenvalue weighted by Gasteiger charge is 2.17. The molecule has 18 heavy (non-hydrogen) atoms. The van der Waals surface area contributed by atoms with Crippen LogP contribution in [-0.4, -0.2) is 62.2 Å². The van der Waals surface area contributed by atoms with Crippen molar-refractivity contribution < 1.29 is 0 Å². The van der Waals surface area contributed by atoms with Gasteiger partial charge in [0.25, 0.3) is 0 Å². The van der Waals surface area contributed by atoms with Crippen molar-refractivity contribution in [1.82, 2.24) is 15.1 Å². The van der Waals surface area contributed by atoms with Crippen LogP contribution in [0.2, 0.25) is 0 Å². The van der Waals surface area contributed by atoms with Crippen LogP contribution in [0.5, 0.6) is 0 Å². The van der Waals surface area contributed by atoms with Crippen LogP contribution in [0.3, 0.4) is 0 Å². The second kappa shape index (κ2) is 7.46. The van der Waals surface area contributed by atoms with Crippen molar-refractivity contribution in [2.45, 2.75) is 45.1 Å². The number of rotatable bonds is 5. The Hall–Kier alpha value is -0.120. The maximum Gasteiger partial charge on any atom is 0.0195 e. The van der Waals surface area contributed by atoms with Gasteiger partial charge in [-0.2, -0.15) is 0 Å². The number of hydrogen-bond acceptors (Lipinski definition) is 3. The van der Waals surface area contributed by atoms with Gasteiger partial charge in [0.05, 0.1) is 0 Å². The molecule has 2 rings (SSSR count). The number of likely N-dealkylation sites (N-methyl/N-ethyl adjacent to an activating group) is 1. The minimum absolute atomic E-state index is 0.741. The second-order valence-corrected chi connectivity index (χ2v) is 6.43. The van der Waals surface area contributed by atoms with Gasteiger partial charge in [-0.1, -0.05) is 6.92 Å². The van der Waals surface area contributed by atoms with Crippen LogP contribution >= 0.6 is 0 Å². The number of hydrogen-bond donors (Lipinski definition) is 1. The van der Waals surface area contributed by atoms with Crippen molar-refractivity contribution in [3.05, 3.63) is 0 Å². The Balaban J connectivity index is 1.50. The molecule has 0 aliphatic carbocycles. The number of nitrogens with one attached hydrogen (secondary N) is 1. The zero-order chi connectivity index (χ0) is 12.8. The topological polar surface area (TPSA) is 18.5 Å². The van der Waals surface area contributed by atoms with Gasteiger partial charge in [-0.05, 0) is 77.8 Å². The molecular formula is C15H31N3. The van der Waals surface area contributed by atoms with Gasteiger partial charge < -0.3 is 15.1 Å². The van der Waals surface area contributed by atoms with E-state index < -0.39 is 0 Å². The van der Waals surface area contributed by atoms with Gasteiger partial charge in [0.15, 0.2) is 0 Å². The van der Waals surface area contributed by atoms with E-state index in [2.05, 4.69) is 29.1 Å². The van der Waals surface area contributed by atoms with E-state index in [1.807, 2.05) is 0 Å². The van der Waals surface area contributed by atoms with Crippen LogP contribution in [-0.2, 0) is 0 Å². The summed E-state index contributed by atoms with van der Waals surface area (Å²) in [5.74, 6) is 0.956. The van der Waals surface area contributed by atoms with Crippen molar-refractivity contribution in [1.29, 1.82) is 0 Å². The largest absolute Gasteiger partial charge is 0.313 e. The van der Waals surface area contributed by atoms with E-state index in [1.54, 1.807) is 0 Å². The molecule has 2 aliphatic rings. The first kappa shape index (κ1) is 14.3. The Morgan fingerprint density at radius 1 is 1.11 bits per heavy atom. The van der Waals surface area contributed by atoms with E-state index >= 15 is 0 Å². The minimum Gasteiger partial charge on any atom is -0.313 e. The maximum absolute atomic E-state index is 3.73. The lowest BCUT2D eigenvalue weighted by Gasteiger charge is -2.32. The third kappa shape index (κ3) is 4.87. The molecule has 1 N–H and O–H groups in total. The highest BCUT2D eigenvalue weighted by atomic mass is 15.1. The zero-order valence-corrected chi connectivity index (χ0v) is 12.3. The molecule has 2 heterocycles. The van der Waals surface area contributed by atoms with Gasteiger partial charge in [0, 0.05) is 12.6 Å². The zero-order valence-electron chi connectivity index (χ0n) is 12.3. The number of likely N-dealkylation sites (tertiary alicyclic amines) is 2. The molecular weight excluding hydrogens is 222 g/mol. The lowest BCUT2D eigenvalue weighted by atomic mass is 9.99. The van der Waals surface area contributed by atoms with Gasteiger partial charge in [0.1, 0.15) is 0 Å². The van der Waals surface area contributed by atoms with Crippen LogP contribution < -0.4 is 5.32 Å². The molecule has 3 heteroatoms. The summed E-state index contributed by atoms with van der Waals surface area (Å²) in [7, 11) is 2.24. The van der Waals surface area contributed by atoms with Crippen molar-refractivity contribution in [3.63, 3.8) is 0 Å². The standard InChI is InChI=1S/C15H31N3/c1-14-6-11-18(12-7-14)10-4-8-16-15-5-3-9-17(2)13-15/h14-16H,3-13H2,1-2H3. The molecule has 0 bridgehead atoms.